The molecule has 2 nitrogen and oxygen atoms in total. The first kappa shape index (κ1) is 9.81. The highest BCUT2D eigenvalue weighted by molar-refractivity contribution is 5.41. The monoisotopic (exact) mass is 178 g/mol. The normalized spacial score (nSPS) is 10.8. The summed E-state index contributed by atoms with van der Waals surface area (Å²) in [6.07, 6.45) is 5.45. The van der Waals surface area contributed by atoms with Gasteiger partial charge in [-0.3, -0.25) is 0 Å². The fraction of sp³-hybridized carbons (Fsp3) is 0.273. The van der Waals surface area contributed by atoms with Crippen LogP contribution in [0.4, 0.5) is 0 Å². The van der Waals surface area contributed by atoms with E-state index in [0.29, 0.717) is 13.2 Å². The molecule has 0 unspecified atom stereocenters. The van der Waals surface area contributed by atoms with Gasteiger partial charge in [-0.25, -0.2) is 0 Å². The molecule has 0 aliphatic heterocycles. The Morgan fingerprint density at radius 2 is 2.54 bits per heavy atom. The molecule has 0 atom stereocenters. The molecule has 1 aromatic heterocycles. The first-order valence-corrected chi connectivity index (χ1v) is 4.21. The zero-order chi connectivity index (χ0) is 9.52. The van der Waals surface area contributed by atoms with Crippen LogP contribution in [0.1, 0.15) is 12.7 Å². The standard InChI is InChI=1S/C11H14O2/c1-10(2)9-12-7-3-5-11-6-4-8-13-11/h3-6,8H,1,7,9H2,2H3/b5-3+. The van der Waals surface area contributed by atoms with Crippen molar-refractivity contribution in [2.75, 3.05) is 13.2 Å². The molecule has 0 N–H and O–H groups in total. The van der Waals surface area contributed by atoms with Crippen molar-refractivity contribution in [2.24, 2.45) is 0 Å². The Morgan fingerprint density at radius 1 is 1.69 bits per heavy atom. The number of ether oxygens (including phenoxy) is 1. The van der Waals surface area contributed by atoms with E-state index in [2.05, 4.69) is 6.58 Å². The average Bonchev–Trinajstić information content (AvgIpc) is 2.55. The highest BCUT2D eigenvalue weighted by atomic mass is 16.5. The minimum atomic E-state index is 0.591. The van der Waals surface area contributed by atoms with Gasteiger partial charge in [-0.2, -0.15) is 0 Å². The van der Waals surface area contributed by atoms with Gasteiger partial charge < -0.3 is 9.15 Å². The predicted octanol–water partition coefficient (Wildman–Crippen LogP) is 2.89. The largest absolute Gasteiger partial charge is 0.465 e. The van der Waals surface area contributed by atoms with Crippen molar-refractivity contribution in [3.05, 3.63) is 42.4 Å². The first-order chi connectivity index (χ1) is 6.29. The summed E-state index contributed by atoms with van der Waals surface area (Å²) >= 11 is 0. The lowest BCUT2D eigenvalue weighted by Crippen LogP contribution is -1.93. The molecule has 1 heterocycles. The van der Waals surface area contributed by atoms with E-state index in [-0.39, 0.29) is 0 Å². The molecule has 0 saturated carbocycles. The first-order valence-electron chi connectivity index (χ1n) is 4.21. The van der Waals surface area contributed by atoms with Crippen molar-refractivity contribution < 1.29 is 9.15 Å². The molecule has 1 rings (SSSR count). The van der Waals surface area contributed by atoms with E-state index in [4.69, 9.17) is 9.15 Å². The number of hydrogen-bond donors (Lipinski definition) is 0. The second-order valence-corrected chi connectivity index (χ2v) is 2.89. The fourth-order valence-corrected chi connectivity index (χ4v) is 0.852. The molecule has 0 aromatic carbocycles. The third-order valence-electron chi connectivity index (χ3n) is 1.39. The molecule has 1 aromatic rings. The van der Waals surface area contributed by atoms with E-state index in [1.165, 1.54) is 0 Å². The van der Waals surface area contributed by atoms with Gasteiger partial charge in [0.1, 0.15) is 5.76 Å². The highest BCUT2D eigenvalue weighted by Gasteiger charge is 1.87. The Morgan fingerprint density at radius 3 is 3.15 bits per heavy atom. The summed E-state index contributed by atoms with van der Waals surface area (Å²) in [7, 11) is 0. The molecule has 0 aliphatic rings. The van der Waals surface area contributed by atoms with Gasteiger partial charge in [0.2, 0.25) is 0 Å². The molecule has 0 spiro atoms. The van der Waals surface area contributed by atoms with Gasteiger partial charge in [-0.1, -0.05) is 18.2 Å². The van der Waals surface area contributed by atoms with Crippen molar-refractivity contribution >= 4 is 6.08 Å². The van der Waals surface area contributed by atoms with Gasteiger partial charge in [-0.15, -0.1) is 0 Å². The van der Waals surface area contributed by atoms with Crippen molar-refractivity contribution in [2.45, 2.75) is 6.92 Å². The zero-order valence-electron chi connectivity index (χ0n) is 7.82. The zero-order valence-corrected chi connectivity index (χ0v) is 7.82. The number of rotatable bonds is 5. The van der Waals surface area contributed by atoms with Gasteiger partial charge in [0.25, 0.3) is 0 Å². The quantitative estimate of drug-likeness (QED) is 0.511. The topological polar surface area (TPSA) is 22.4 Å². The lowest BCUT2D eigenvalue weighted by atomic mass is 10.4. The molecule has 13 heavy (non-hydrogen) atoms. The Kier molecular flexibility index (Phi) is 4.06. The summed E-state index contributed by atoms with van der Waals surface area (Å²) in [6, 6.07) is 3.75. The van der Waals surface area contributed by atoms with Crippen LogP contribution >= 0.6 is 0 Å². The minimum absolute atomic E-state index is 0.591. The SMILES string of the molecule is C=C(C)COC/C=C/c1ccco1. The van der Waals surface area contributed by atoms with E-state index >= 15 is 0 Å². The van der Waals surface area contributed by atoms with Crippen LogP contribution in [0.25, 0.3) is 6.08 Å². The van der Waals surface area contributed by atoms with Crippen molar-refractivity contribution in [1.82, 2.24) is 0 Å². The molecule has 0 amide bonds. The molecule has 0 radical (unpaired) electrons. The van der Waals surface area contributed by atoms with Crippen LogP contribution in [0.15, 0.2) is 41.0 Å². The molecule has 0 aliphatic carbocycles. The Labute approximate surface area is 78.5 Å². The van der Waals surface area contributed by atoms with Crippen molar-refractivity contribution in [1.29, 1.82) is 0 Å². The maximum atomic E-state index is 5.27. The minimum Gasteiger partial charge on any atom is -0.465 e. The molecular formula is C11H14O2. The van der Waals surface area contributed by atoms with E-state index in [0.717, 1.165) is 11.3 Å². The third kappa shape index (κ3) is 4.33. The van der Waals surface area contributed by atoms with Crippen LogP contribution in [0.2, 0.25) is 0 Å². The Bertz CT molecular complexity index is 270. The molecule has 0 saturated heterocycles. The molecule has 0 bridgehead atoms. The van der Waals surface area contributed by atoms with Crippen LogP contribution in [0.5, 0.6) is 0 Å². The van der Waals surface area contributed by atoms with Crippen LogP contribution in [0, 0.1) is 0 Å². The van der Waals surface area contributed by atoms with Crippen LogP contribution in [-0.2, 0) is 4.74 Å². The Balaban J connectivity index is 2.16. The molecule has 2 heteroatoms. The summed E-state index contributed by atoms with van der Waals surface area (Å²) in [4.78, 5) is 0. The fourth-order valence-electron chi connectivity index (χ4n) is 0.852. The second kappa shape index (κ2) is 5.38. The van der Waals surface area contributed by atoms with Gasteiger partial charge in [-0.05, 0) is 25.1 Å². The summed E-state index contributed by atoms with van der Waals surface area (Å²) in [6.45, 7) is 6.88. The van der Waals surface area contributed by atoms with E-state index < -0.39 is 0 Å². The maximum Gasteiger partial charge on any atom is 0.126 e. The van der Waals surface area contributed by atoms with Gasteiger partial charge in [0, 0.05) is 0 Å². The number of hydrogen-bond acceptors (Lipinski definition) is 2. The average molecular weight is 178 g/mol. The molecule has 0 fully saturated rings. The lowest BCUT2D eigenvalue weighted by Gasteiger charge is -1.97. The summed E-state index contributed by atoms with van der Waals surface area (Å²) < 4.78 is 10.4. The summed E-state index contributed by atoms with van der Waals surface area (Å²) in [5, 5.41) is 0. The van der Waals surface area contributed by atoms with Crippen molar-refractivity contribution in [3.8, 4) is 0 Å². The van der Waals surface area contributed by atoms with Crippen LogP contribution in [-0.4, -0.2) is 13.2 Å². The van der Waals surface area contributed by atoms with E-state index in [1.807, 2.05) is 31.2 Å². The van der Waals surface area contributed by atoms with Gasteiger partial charge in [0.05, 0.1) is 19.5 Å². The Hall–Kier alpha value is -1.28. The second-order valence-electron chi connectivity index (χ2n) is 2.89. The van der Waals surface area contributed by atoms with Crippen LogP contribution < -0.4 is 0 Å². The van der Waals surface area contributed by atoms with Gasteiger partial charge in [0.15, 0.2) is 0 Å². The van der Waals surface area contributed by atoms with E-state index in [1.54, 1.807) is 6.26 Å². The van der Waals surface area contributed by atoms with Gasteiger partial charge >= 0.3 is 0 Å². The van der Waals surface area contributed by atoms with Crippen molar-refractivity contribution in [3.63, 3.8) is 0 Å². The predicted molar refractivity (Wildman–Crippen MR) is 53.4 cm³/mol. The third-order valence-corrected chi connectivity index (χ3v) is 1.39. The lowest BCUT2D eigenvalue weighted by molar-refractivity contribution is 0.187. The molecular weight excluding hydrogens is 164 g/mol. The highest BCUT2D eigenvalue weighted by Crippen LogP contribution is 2.01. The number of furan rings is 1. The van der Waals surface area contributed by atoms with Crippen LogP contribution in [0.3, 0.4) is 0 Å². The maximum absolute atomic E-state index is 5.27. The van der Waals surface area contributed by atoms with E-state index in [9.17, 15) is 0 Å². The molecule has 70 valence electrons. The summed E-state index contributed by atoms with van der Waals surface area (Å²) in [5.41, 5.74) is 1.03. The summed E-state index contributed by atoms with van der Waals surface area (Å²) in [5.74, 6) is 0.846. The smallest absolute Gasteiger partial charge is 0.126 e.